The molecule has 38 heavy (non-hydrogen) atoms. The lowest BCUT2D eigenvalue weighted by molar-refractivity contribution is -0.152. The predicted octanol–water partition coefficient (Wildman–Crippen LogP) is 4.42. The molecule has 9 heteroatoms. The van der Waals surface area contributed by atoms with E-state index in [1.54, 1.807) is 24.2 Å². The van der Waals surface area contributed by atoms with Gasteiger partial charge in [0, 0.05) is 36.3 Å². The Balaban J connectivity index is 1.37. The molecule has 2 aromatic heterocycles. The number of thiazole rings is 1. The Morgan fingerprint density at radius 2 is 1.74 bits per heavy atom. The molecule has 0 spiro atoms. The standard InChI is InChI=1S/C29H24N4O3S2/c30-24-27(34)33-25(29(35)36-26(19-9-3-1-4-10-19)20-11-5-2-6-12-20)21(17-37-28(24)33)22-16-32-23(38-22)14-18-8-7-13-31-15-18/h1-13,15-16,24,26,28H,14,17,30H2. The van der Waals surface area contributed by atoms with E-state index in [1.165, 1.54) is 16.2 Å². The molecular formula is C29H24N4O3S2. The van der Waals surface area contributed by atoms with E-state index >= 15 is 0 Å². The predicted molar refractivity (Wildman–Crippen MR) is 148 cm³/mol. The van der Waals surface area contributed by atoms with E-state index in [2.05, 4.69) is 9.97 Å². The number of carbonyl (C=O) groups excluding carboxylic acids is 2. The van der Waals surface area contributed by atoms with E-state index in [1.807, 2.05) is 79.0 Å². The molecule has 190 valence electrons. The van der Waals surface area contributed by atoms with E-state index < -0.39 is 18.1 Å². The molecule has 0 bridgehead atoms. The highest BCUT2D eigenvalue weighted by Gasteiger charge is 2.52. The number of rotatable bonds is 7. The average Bonchev–Trinajstić information content (AvgIpc) is 3.44. The van der Waals surface area contributed by atoms with E-state index in [9.17, 15) is 9.59 Å². The zero-order valence-corrected chi connectivity index (χ0v) is 21.9. The Morgan fingerprint density at radius 3 is 2.39 bits per heavy atom. The van der Waals surface area contributed by atoms with Gasteiger partial charge in [-0.3, -0.25) is 14.7 Å². The van der Waals surface area contributed by atoms with Crippen LogP contribution in [-0.2, 0) is 20.7 Å². The Kier molecular flexibility index (Phi) is 6.80. The minimum atomic E-state index is -0.633. The van der Waals surface area contributed by atoms with Crippen LogP contribution in [0, 0.1) is 0 Å². The van der Waals surface area contributed by atoms with Crippen molar-refractivity contribution in [2.75, 3.05) is 5.75 Å². The summed E-state index contributed by atoms with van der Waals surface area (Å²) in [5, 5.41) is 0.613. The van der Waals surface area contributed by atoms with E-state index in [-0.39, 0.29) is 17.0 Å². The van der Waals surface area contributed by atoms with Gasteiger partial charge in [-0.1, -0.05) is 66.7 Å². The van der Waals surface area contributed by atoms with Gasteiger partial charge >= 0.3 is 5.97 Å². The average molecular weight is 541 g/mol. The number of esters is 1. The van der Waals surface area contributed by atoms with E-state index in [0.29, 0.717) is 12.2 Å². The highest BCUT2D eigenvalue weighted by molar-refractivity contribution is 8.00. The monoisotopic (exact) mass is 540 g/mol. The van der Waals surface area contributed by atoms with Crippen LogP contribution in [0.4, 0.5) is 0 Å². The molecule has 0 saturated carbocycles. The van der Waals surface area contributed by atoms with Gasteiger partial charge < -0.3 is 10.5 Å². The first-order chi connectivity index (χ1) is 18.6. The van der Waals surface area contributed by atoms with Crippen molar-refractivity contribution in [1.82, 2.24) is 14.9 Å². The van der Waals surface area contributed by atoms with Gasteiger partial charge in [-0.15, -0.1) is 23.1 Å². The second kappa shape index (κ2) is 10.5. The number of fused-ring (bicyclic) bond motifs is 1. The third kappa shape index (κ3) is 4.64. The van der Waals surface area contributed by atoms with Crippen molar-refractivity contribution < 1.29 is 14.3 Å². The summed E-state index contributed by atoms with van der Waals surface area (Å²) in [6.07, 6.45) is 5.34. The summed E-state index contributed by atoms with van der Waals surface area (Å²) in [4.78, 5) is 37.9. The first-order valence-electron chi connectivity index (χ1n) is 12.2. The Hall–Kier alpha value is -3.79. The number of amides is 1. The maximum Gasteiger partial charge on any atom is 0.356 e. The minimum absolute atomic E-state index is 0.258. The third-order valence-corrected chi connectivity index (χ3v) is 8.92. The molecule has 2 aliphatic heterocycles. The van der Waals surface area contributed by atoms with Crippen molar-refractivity contribution in [1.29, 1.82) is 0 Å². The lowest BCUT2D eigenvalue weighted by Gasteiger charge is -2.48. The largest absolute Gasteiger partial charge is 0.448 e. The fraction of sp³-hybridized carbons (Fsp3) is 0.172. The molecule has 4 aromatic rings. The fourth-order valence-electron chi connectivity index (χ4n) is 4.65. The molecule has 1 fully saturated rings. The van der Waals surface area contributed by atoms with Gasteiger partial charge in [-0.2, -0.15) is 0 Å². The van der Waals surface area contributed by atoms with Crippen molar-refractivity contribution in [2.24, 2.45) is 5.73 Å². The molecule has 2 atom stereocenters. The number of β-lactam (4-membered cyclic amide) rings is 1. The van der Waals surface area contributed by atoms with Crippen LogP contribution in [0.5, 0.6) is 0 Å². The normalized spacial score (nSPS) is 18.8. The van der Waals surface area contributed by atoms with Crippen molar-refractivity contribution in [3.63, 3.8) is 0 Å². The Labute approximate surface area is 228 Å². The van der Waals surface area contributed by atoms with Gasteiger partial charge in [0.15, 0.2) is 6.10 Å². The molecule has 2 aromatic carbocycles. The summed E-state index contributed by atoms with van der Waals surface area (Å²) in [5.74, 6) is -0.296. The third-order valence-electron chi connectivity index (χ3n) is 6.56. The second-order valence-electron chi connectivity index (χ2n) is 9.03. The Morgan fingerprint density at radius 1 is 1.03 bits per heavy atom. The van der Waals surface area contributed by atoms with Crippen LogP contribution in [0.15, 0.2) is 97.1 Å². The number of ether oxygens (including phenoxy) is 1. The molecule has 2 N–H and O–H groups in total. The van der Waals surface area contributed by atoms with Crippen LogP contribution in [0.2, 0.25) is 0 Å². The quantitative estimate of drug-likeness (QED) is 0.274. The number of pyridine rings is 1. The molecular weight excluding hydrogens is 516 g/mol. The molecule has 0 radical (unpaired) electrons. The number of hydrogen-bond acceptors (Lipinski definition) is 8. The number of thioether (sulfide) groups is 1. The van der Waals surface area contributed by atoms with Crippen molar-refractivity contribution >= 4 is 40.5 Å². The number of carbonyl (C=O) groups is 2. The maximum absolute atomic E-state index is 13.9. The second-order valence-corrected chi connectivity index (χ2v) is 11.2. The van der Waals surface area contributed by atoms with Gasteiger partial charge in [0.25, 0.3) is 0 Å². The number of aromatic nitrogens is 2. The van der Waals surface area contributed by atoms with E-state index in [0.717, 1.165) is 32.1 Å². The number of nitrogens with two attached hydrogens (primary N) is 1. The van der Waals surface area contributed by atoms with Crippen molar-refractivity contribution in [3.8, 4) is 0 Å². The summed E-state index contributed by atoms with van der Waals surface area (Å²) in [6, 6.07) is 22.5. The minimum Gasteiger partial charge on any atom is -0.448 e. The van der Waals surface area contributed by atoms with Gasteiger partial charge in [0.2, 0.25) is 5.91 Å². The van der Waals surface area contributed by atoms with E-state index in [4.69, 9.17) is 10.5 Å². The van der Waals surface area contributed by atoms with Gasteiger partial charge in [0.1, 0.15) is 17.1 Å². The van der Waals surface area contributed by atoms with Crippen LogP contribution in [0.1, 0.15) is 32.7 Å². The van der Waals surface area contributed by atoms with Gasteiger partial charge in [-0.25, -0.2) is 9.78 Å². The zero-order chi connectivity index (χ0) is 26.1. The van der Waals surface area contributed by atoms with Gasteiger partial charge in [-0.05, 0) is 22.8 Å². The smallest absolute Gasteiger partial charge is 0.356 e. The molecule has 1 saturated heterocycles. The first-order valence-corrected chi connectivity index (χ1v) is 14.0. The molecule has 2 unspecified atom stereocenters. The molecule has 4 heterocycles. The molecule has 6 rings (SSSR count). The number of hydrogen-bond donors (Lipinski definition) is 1. The summed E-state index contributed by atoms with van der Waals surface area (Å²) >= 11 is 3.07. The van der Waals surface area contributed by atoms with Crippen molar-refractivity contribution in [3.05, 3.63) is 124 Å². The topological polar surface area (TPSA) is 98.4 Å². The molecule has 1 amide bonds. The lowest BCUT2D eigenvalue weighted by Crippen LogP contribution is -2.68. The lowest BCUT2D eigenvalue weighted by atomic mass is 10.0. The van der Waals surface area contributed by atoms with Crippen LogP contribution in [0.25, 0.3) is 5.57 Å². The summed E-state index contributed by atoms with van der Waals surface area (Å²) < 4.78 is 6.19. The highest BCUT2D eigenvalue weighted by atomic mass is 32.2. The summed E-state index contributed by atoms with van der Waals surface area (Å²) in [6.45, 7) is 0. The first kappa shape index (κ1) is 24.5. The fourth-order valence-corrected chi connectivity index (χ4v) is 7.05. The van der Waals surface area contributed by atoms with Crippen LogP contribution < -0.4 is 5.73 Å². The Bertz CT molecular complexity index is 1450. The van der Waals surface area contributed by atoms with Crippen LogP contribution >= 0.6 is 23.1 Å². The number of benzene rings is 2. The molecule has 2 aliphatic rings. The number of nitrogens with zero attached hydrogens (tertiary/aromatic N) is 3. The van der Waals surface area contributed by atoms with Crippen LogP contribution in [-0.4, -0.2) is 43.9 Å². The highest BCUT2D eigenvalue weighted by Crippen LogP contribution is 2.44. The zero-order valence-electron chi connectivity index (χ0n) is 20.3. The van der Waals surface area contributed by atoms with Crippen LogP contribution in [0.3, 0.4) is 0 Å². The summed E-state index contributed by atoms with van der Waals surface area (Å²) in [7, 11) is 0. The maximum atomic E-state index is 13.9. The SMILES string of the molecule is NC1C(=O)N2C(C(=O)OC(c3ccccc3)c3ccccc3)=C(c3cnc(Cc4cccnc4)s3)CSC12. The molecule has 7 nitrogen and oxygen atoms in total. The summed E-state index contributed by atoms with van der Waals surface area (Å²) in [5.41, 5.74) is 9.84. The van der Waals surface area contributed by atoms with Crippen molar-refractivity contribution in [2.45, 2.75) is 23.9 Å². The van der Waals surface area contributed by atoms with Gasteiger partial charge in [0.05, 0.1) is 9.88 Å². The molecule has 0 aliphatic carbocycles.